The first-order valence-corrected chi connectivity index (χ1v) is 11.4. The zero-order valence-corrected chi connectivity index (χ0v) is 21.1. The van der Waals surface area contributed by atoms with Crippen molar-refractivity contribution in [3.8, 4) is 0 Å². The number of ether oxygens (including phenoxy) is 2. The fourth-order valence-electron chi connectivity index (χ4n) is 2.66. The van der Waals surface area contributed by atoms with Crippen LogP contribution in [-0.4, -0.2) is 50.1 Å². The molecule has 8 nitrogen and oxygen atoms in total. The van der Waals surface area contributed by atoms with Gasteiger partial charge in [0.2, 0.25) is 0 Å². The SMILES string of the molecule is C=CC[C@H](NC(=O)c1ccccc1)C(=O)OC.CC.CCC(NC(=O)c1ccccc1)C(=O)OC. The highest BCUT2D eigenvalue weighted by atomic mass is 16.5. The van der Waals surface area contributed by atoms with E-state index in [1.165, 1.54) is 14.2 Å². The summed E-state index contributed by atoms with van der Waals surface area (Å²) < 4.78 is 9.19. The van der Waals surface area contributed by atoms with Gasteiger partial charge in [-0.1, -0.05) is 63.2 Å². The molecule has 0 aliphatic heterocycles. The van der Waals surface area contributed by atoms with Gasteiger partial charge in [0, 0.05) is 11.1 Å². The Hall–Kier alpha value is -3.94. The van der Waals surface area contributed by atoms with Gasteiger partial charge in [-0.3, -0.25) is 9.59 Å². The third kappa shape index (κ3) is 11.7. The van der Waals surface area contributed by atoms with E-state index in [0.717, 1.165) is 0 Å². The van der Waals surface area contributed by atoms with Gasteiger partial charge in [0.05, 0.1) is 14.2 Å². The third-order valence-electron chi connectivity index (χ3n) is 4.46. The van der Waals surface area contributed by atoms with Crippen molar-refractivity contribution in [2.45, 2.75) is 45.7 Å². The van der Waals surface area contributed by atoms with Crippen molar-refractivity contribution < 1.29 is 28.7 Å². The molecule has 2 N–H and O–H groups in total. The molecule has 1 unspecified atom stereocenters. The van der Waals surface area contributed by atoms with Crippen molar-refractivity contribution in [2.75, 3.05) is 14.2 Å². The van der Waals surface area contributed by atoms with Gasteiger partial charge in [-0.15, -0.1) is 6.58 Å². The van der Waals surface area contributed by atoms with E-state index in [-0.39, 0.29) is 11.8 Å². The van der Waals surface area contributed by atoms with E-state index >= 15 is 0 Å². The van der Waals surface area contributed by atoms with Gasteiger partial charge in [-0.25, -0.2) is 9.59 Å². The number of carbonyl (C=O) groups is 4. The second kappa shape index (κ2) is 18.5. The average molecular weight is 485 g/mol. The summed E-state index contributed by atoms with van der Waals surface area (Å²) in [6.45, 7) is 9.35. The fourth-order valence-corrected chi connectivity index (χ4v) is 2.66. The van der Waals surface area contributed by atoms with Crippen LogP contribution >= 0.6 is 0 Å². The number of rotatable bonds is 9. The van der Waals surface area contributed by atoms with E-state index in [1.807, 2.05) is 32.9 Å². The third-order valence-corrected chi connectivity index (χ3v) is 4.46. The lowest BCUT2D eigenvalue weighted by molar-refractivity contribution is -0.143. The van der Waals surface area contributed by atoms with Gasteiger partial charge in [-0.2, -0.15) is 0 Å². The second-order valence-electron chi connectivity index (χ2n) is 6.76. The monoisotopic (exact) mass is 484 g/mol. The average Bonchev–Trinajstić information content (AvgIpc) is 2.92. The van der Waals surface area contributed by atoms with Gasteiger partial charge < -0.3 is 20.1 Å². The Morgan fingerprint density at radius 3 is 1.49 bits per heavy atom. The summed E-state index contributed by atoms with van der Waals surface area (Å²) in [5, 5.41) is 5.22. The summed E-state index contributed by atoms with van der Waals surface area (Å²) >= 11 is 0. The zero-order chi connectivity index (χ0) is 26.6. The number of methoxy groups -OCH3 is 2. The van der Waals surface area contributed by atoms with Gasteiger partial charge in [0.15, 0.2) is 0 Å². The number of hydrogen-bond acceptors (Lipinski definition) is 6. The standard InChI is InChI=1S/C13H15NO3.C12H15NO3.C2H6/c1-3-7-11(13(16)17-2)14-12(15)10-8-5-4-6-9-10;1-3-10(12(15)16-2)13-11(14)9-7-5-4-6-8-9;1-2/h3-6,8-9,11H,1,7H2,2H3,(H,14,15);4-8,10H,3H2,1-2H3,(H,13,14);1-2H3/t11-;;/m0../s1. The maximum atomic E-state index is 11.8. The normalized spacial score (nSPS) is 11.0. The summed E-state index contributed by atoms with van der Waals surface area (Å²) in [4.78, 5) is 46.2. The predicted molar refractivity (Wildman–Crippen MR) is 136 cm³/mol. The van der Waals surface area contributed by atoms with Crippen LogP contribution in [0.5, 0.6) is 0 Å². The van der Waals surface area contributed by atoms with Crippen LogP contribution in [0.4, 0.5) is 0 Å². The zero-order valence-electron chi connectivity index (χ0n) is 21.1. The van der Waals surface area contributed by atoms with Gasteiger partial charge in [0.1, 0.15) is 12.1 Å². The van der Waals surface area contributed by atoms with Crippen molar-refractivity contribution in [2.24, 2.45) is 0 Å². The number of amides is 2. The lowest BCUT2D eigenvalue weighted by atomic mass is 10.1. The minimum atomic E-state index is -0.690. The maximum Gasteiger partial charge on any atom is 0.328 e. The summed E-state index contributed by atoms with van der Waals surface area (Å²) in [5.74, 6) is -1.47. The van der Waals surface area contributed by atoms with Crippen LogP contribution in [0.2, 0.25) is 0 Å². The summed E-state index contributed by atoms with van der Waals surface area (Å²) in [5.41, 5.74) is 1.04. The molecule has 190 valence electrons. The molecule has 0 aliphatic carbocycles. The van der Waals surface area contributed by atoms with E-state index in [0.29, 0.717) is 24.0 Å². The molecule has 2 rings (SSSR count). The molecular weight excluding hydrogens is 448 g/mol. The largest absolute Gasteiger partial charge is 0.467 e. The molecule has 35 heavy (non-hydrogen) atoms. The first-order chi connectivity index (χ1) is 16.9. The number of carbonyl (C=O) groups excluding carboxylic acids is 4. The molecule has 2 aromatic rings. The molecule has 0 bridgehead atoms. The van der Waals surface area contributed by atoms with Gasteiger partial charge in [0.25, 0.3) is 11.8 Å². The first-order valence-electron chi connectivity index (χ1n) is 11.4. The minimum absolute atomic E-state index is 0.266. The van der Waals surface area contributed by atoms with Crippen LogP contribution in [-0.2, 0) is 19.1 Å². The van der Waals surface area contributed by atoms with Gasteiger partial charge >= 0.3 is 11.9 Å². The molecule has 8 heteroatoms. The van der Waals surface area contributed by atoms with Crippen molar-refractivity contribution in [1.82, 2.24) is 10.6 Å². The van der Waals surface area contributed by atoms with E-state index < -0.39 is 24.0 Å². The van der Waals surface area contributed by atoms with Crippen LogP contribution in [0.15, 0.2) is 73.3 Å². The van der Waals surface area contributed by atoms with Crippen molar-refractivity contribution >= 4 is 23.8 Å². The molecule has 2 atom stereocenters. The Balaban J connectivity index is 0.000000618. The van der Waals surface area contributed by atoms with Gasteiger partial charge in [-0.05, 0) is 37.1 Å². The first kappa shape index (κ1) is 31.1. The summed E-state index contributed by atoms with van der Waals surface area (Å²) in [7, 11) is 2.59. The number of benzene rings is 2. The highest BCUT2D eigenvalue weighted by molar-refractivity contribution is 5.97. The summed E-state index contributed by atoms with van der Waals surface area (Å²) in [6.07, 6.45) is 2.41. The molecule has 0 saturated heterocycles. The Morgan fingerprint density at radius 2 is 1.14 bits per heavy atom. The Labute approximate surface area is 207 Å². The lowest BCUT2D eigenvalue weighted by Gasteiger charge is -2.14. The molecule has 0 heterocycles. The van der Waals surface area contributed by atoms with Crippen molar-refractivity contribution in [3.05, 3.63) is 84.4 Å². The van der Waals surface area contributed by atoms with Crippen LogP contribution in [0, 0.1) is 0 Å². The van der Waals surface area contributed by atoms with Crippen LogP contribution in [0.25, 0.3) is 0 Å². The number of esters is 2. The van der Waals surface area contributed by atoms with E-state index in [2.05, 4.69) is 26.7 Å². The molecule has 0 saturated carbocycles. The van der Waals surface area contributed by atoms with Crippen LogP contribution in [0.1, 0.15) is 54.3 Å². The molecule has 0 fully saturated rings. The van der Waals surface area contributed by atoms with Crippen LogP contribution < -0.4 is 10.6 Å². The fraction of sp³-hybridized carbons (Fsp3) is 0.333. The quantitative estimate of drug-likeness (QED) is 0.412. The Morgan fingerprint density at radius 1 is 0.771 bits per heavy atom. The summed E-state index contributed by atoms with van der Waals surface area (Å²) in [6, 6.07) is 16.2. The molecule has 0 aromatic heterocycles. The van der Waals surface area contributed by atoms with E-state index in [1.54, 1.807) is 54.6 Å². The highest BCUT2D eigenvalue weighted by Gasteiger charge is 2.21. The molecule has 2 aromatic carbocycles. The molecule has 2 amide bonds. The molecule has 0 aliphatic rings. The molecule has 0 spiro atoms. The minimum Gasteiger partial charge on any atom is -0.467 e. The smallest absolute Gasteiger partial charge is 0.328 e. The Kier molecular flexibility index (Phi) is 16.4. The van der Waals surface area contributed by atoms with E-state index in [9.17, 15) is 19.2 Å². The van der Waals surface area contributed by atoms with Crippen molar-refractivity contribution in [1.29, 1.82) is 0 Å². The van der Waals surface area contributed by atoms with E-state index in [4.69, 9.17) is 0 Å². The molecule has 0 radical (unpaired) electrons. The predicted octanol–water partition coefficient (Wildman–Crippen LogP) is 3.93. The second-order valence-corrected chi connectivity index (χ2v) is 6.76. The van der Waals surface area contributed by atoms with Crippen LogP contribution in [0.3, 0.4) is 0 Å². The lowest BCUT2D eigenvalue weighted by Crippen LogP contribution is -2.41. The van der Waals surface area contributed by atoms with Crippen molar-refractivity contribution in [3.63, 3.8) is 0 Å². The maximum absolute atomic E-state index is 11.8. The number of nitrogens with one attached hydrogen (secondary N) is 2. The topological polar surface area (TPSA) is 111 Å². The highest BCUT2D eigenvalue weighted by Crippen LogP contribution is 2.03. The number of hydrogen-bond donors (Lipinski definition) is 2. The molecular formula is C27H36N2O6. The Bertz CT molecular complexity index is 916.